The number of hydrogen-bond donors (Lipinski definition) is 3. The van der Waals surface area contributed by atoms with Crippen molar-refractivity contribution < 1.29 is 9.59 Å². The second-order valence-corrected chi connectivity index (χ2v) is 7.33. The Hall–Kier alpha value is -1.17. The summed E-state index contributed by atoms with van der Waals surface area (Å²) in [5.41, 5.74) is 4.62. The third-order valence-electron chi connectivity index (χ3n) is 3.54. The van der Waals surface area contributed by atoms with Crippen molar-refractivity contribution in [3.8, 4) is 0 Å². The van der Waals surface area contributed by atoms with E-state index in [4.69, 9.17) is 18.0 Å². The van der Waals surface area contributed by atoms with E-state index in [0.717, 1.165) is 0 Å². The van der Waals surface area contributed by atoms with Crippen LogP contribution in [-0.4, -0.2) is 28.4 Å². The lowest BCUT2D eigenvalue weighted by molar-refractivity contribution is -0.136. The molecular formula is C14H25N3O2S. The van der Waals surface area contributed by atoms with Crippen LogP contribution in [0.3, 0.4) is 0 Å². The number of nitrogens with two attached hydrogens (primary N) is 1. The normalized spacial score (nSPS) is 27.1. The molecule has 6 heteroatoms. The highest BCUT2D eigenvalue weighted by atomic mass is 32.1. The summed E-state index contributed by atoms with van der Waals surface area (Å²) in [4.78, 5) is 24.5. The molecule has 0 radical (unpaired) electrons. The average Bonchev–Trinajstić information content (AvgIpc) is 2.21. The molecule has 0 aromatic rings. The Labute approximate surface area is 126 Å². The Morgan fingerprint density at radius 2 is 1.85 bits per heavy atom. The van der Waals surface area contributed by atoms with Gasteiger partial charge in [-0.2, -0.15) is 0 Å². The smallest absolute Gasteiger partial charge is 0.242 e. The Morgan fingerprint density at radius 3 is 2.20 bits per heavy atom. The summed E-state index contributed by atoms with van der Waals surface area (Å²) in [6.45, 7) is 9.39. The van der Waals surface area contributed by atoms with Crippen molar-refractivity contribution in [3.63, 3.8) is 0 Å². The van der Waals surface area contributed by atoms with Gasteiger partial charge in [-0.05, 0) is 46.5 Å². The number of hydrogen-bond acceptors (Lipinski definition) is 3. The quantitative estimate of drug-likeness (QED) is 0.679. The van der Waals surface area contributed by atoms with E-state index in [1.165, 1.54) is 0 Å². The van der Waals surface area contributed by atoms with E-state index in [0.29, 0.717) is 18.8 Å². The summed E-state index contributed by atoms with van der Waals surface area (Å²) in [5, 5.41) is 5.56. The second kappa shape index (κ2) is 5.68. The molecule has 1 fully saturated rings. The molecule has 0 bridgehead atoms. The maximum atomic E-state index is 12.4. The van der Waals surface area contributed by atoms with Gasteiger partial charge in [-0.25, -0.2) is 0 Å². The van der Waals surface area contributed by atoms with Crippen molar-refractivity contribution in [2.45, 2.75) is 59.0 Å². The van der Waals surface area contributed by atoms with E-state index >= 15 is 0 Å². The first kappa shape index (κ1) is 16.9. The molecule has 0 aromatic carbocycles. The van der Waals surface area contributed by atoms with E-state index in [1.54, 1.807) is 6.92 Å². The SMILES string of the molecule is CC1CC(C(=O)NC(C)C(=O)NC(C)(C)C)(C(N)=S)C1. The summed E-state index contributed by atoms with van der Waals surface area (Å²) in [5.74, 6) is -0.0167. The van der Waals surface area contributed by atoms with Crippen molar-refractivity contribution in [2.24, 2.45) is 17.1 Å². The number of nitrogens with one attached hydrogen (secondary N) is 2. The molecule has 1 aliphatic carbocycles. The topological polar surface area (TPSA) is 84.2 Å². The Bertz CT molecular complexity index is 423. The first-order valence-corrected chi connectivity index (χ1v) is 7.31. The van der Waals surface area contributed by atoms with E-state index in [-0.39, 0.29) is 22.3 Å². The summed E-state index contributed by atoms with van der Waals surface area (Å²) >= 11 is 5.03. The van der Waals surface area contributed by atoms with Gasteiger partial charge in [-0.1, -0.05) is 19.1 Å². The summed E-state index contributed by atoms with van der Waals surface area (Å²) in [6.07, 6.45) is 1.31. The lowest BCUT2D eigenvalue weighted by atomic mass is 9.62. The lowest BCUT2D eigenvalue weighted by Gasteiger charge is -2.44. The fourth-order valence-electron chi connectivity index (χ4n) is 2.51. The van der Waals surface area contributed by atoms with E-state index in [9.17, 15) is 9.59 Å². The molecular weight excluding hydrogens is 274 g/mol. The van der Waals surface area contributed by atoms with Crippen LogP contribution in [0.15, 0.2) is 0 Å². The molecule has 114 valence electrons. The Balaban J connectivity index is 2.66. The van der Waals surface area contributed by atoms with Crippen molar-refractivity contribution >= 4 is 29.0 Å². The van der Waals surface area contributed by atoms with Crippen LogP contribution in [0.5, 0.6) is 0 Å². The molecule has 0 spiro atoms. The molecule has 4 N–H and O–H groups in total. The molecule has 1 saturated carbocycles. The van der Waals surface area contributed by atoms with Crippen LogP contribution >= 0.6 is 12.2 Å². The number of carbonyl (C=O) groups is 2. The van der Waals surface area contributed by atoms with Gasteiger partial charge in [0.1, 0.15) is 6.04 Å². The first-order valence-electron chi connectivity index (χ1n) is 6.91. The monoisotopic (exact) mass is 299 g/mol. The number of thiocarbonyl (C=S) groups is 1. The lowest BCUT2D eigenvalue weighted by Crippen LogP contribution is -2.59. The largest absolute Gasteiger partial charge is 0.392 e. The minimum absolute atomic E-state index is 0.212. The molecule has 0 heterocycles. The van der Waals surface area contributed by atoms with Gasteiger partial charge in [0, 0.05) is 5.54 Å². The highest BCUT2D eigenvalue weighted by molar-refractivity contribution is 7.80. The van der Waals surface area contributed by atoms with Crippen LogP contribution in [-0.2, 0) is 9.59 Å². The molecule has 2 amide bonds. The van der Waals surface area contributed by atoms with Crippen molar-refractivity contribution in [3.05, 3.63) is 0 Å². The van der Waals surface area contributed by atoms with Gasteiger partial charge in [-0.15, -0.1) is 0 Å². The summed E-state index contributed by atoms with van der Waals surface area (Å²) in [7, 11) is 0. The number of carbonyl (C=O) groups excluding carboxylic acids is 2. The molecule has 0 aromatic heterocycles. The molecule has 5 nitrogen and oxygen atoms in total. The standard InChI is InChI=1S/C14H25N3O2S/c1-8-6-14(7-8,11(15)20)12(19)16-9(2)10(18)17-13(3,4)5/h8-9H,6-7H2,1-5H3,(H2,15,20)(H,16,19)(H,17,18). The maximum Gasteiger partial charge on any atom is 0.242 e. The number of rotatable bonds is 4. The third kappa shape index (κ3) is 3.69. The van der Waals surface area contributed by atoms with Crippen molar-refractivity contribution in [1.29, 1.82) is 0 Å². The predicted octanol–water partition coefficient (Wildman–Crippen LogP) is 1.11. The van der Waals surface area contributed by atoms with Crippen LogP contribution in [0, 0.1) is 11.3 Å². The first-order chi connectivity index (χ1) is 8.98. The molecule has 1 aliphatic rings. The van der Waals surface area contributed by atoms with Crippen molar-refractivity contribution in [2.75, 3.05) is 0 Å². The zero-order valence-corrected chi connectivity index (χ0v) is 13.7. The Morgan fingerprint density at radius 1 is 1.35 bits per heavy atom. The van der Waals surface area contributed by atoms with E-state index < -0.39 is 11.5 Å². The minimum atomic E-state index is -0.773. The zero-order valence-electron chi connectivity index (χ0n) is 12.9. The van der Waals surface area contributed by atoms with Crippen LogP contribution < -0.4 is 16.4 Å². The molecule has 1 atom stereocenters. The highest BCUT2D eigenvalue weighted by Crippen LogP contribution is 2.46. The van der Waals surface area contributed by atoms with Gasteiger partial charge in [-0.3, -0.25) is 9.59 Å². The predicted molar refractivity (Wildman–Crippen MR) is 83.1 cm³/mol. The molecule has 20 heavy (non-hydrogen) atoms. The van der Waals surface area contributed by atoms with Crippen LogP contribution in [0.25, 0.3) is 0 Å². The Kier molecular flexibility index (Phi) is 4.79. The van der Waals surface area contributed by atoms with Gasteiger partial charge in [0.05, 0.1) is 10.4 Å². The molecule has 1 unspecified atom stereocenters. The van der Waals surface area contributed by atoms with Gasteiger partial charge < -0.3 is 16.4 Å². The minimum Gasteiger partial charge on any atom is -0.392 e. The fraction of sp³-hybridized carbons (Fsp3) is 0.786. The van der Waals surface area contributed by atoms with Crippen LogP contribution in [0.2, 0.25) is 0 Å². The van der Waals surface area contributed by atoms with Crippen LogP contribution in [0.1, 0.15) is 47.5 Å². The van der Waals surface area contributed by atoms with E-state index in [2.05, 4.69) is 17.6 Å². The van der Waals surface area contributed by atoms with Crippen LogP contribution in [0.4, 0.5) is 0 Å². The van der Waals surface area contributed by atoms with Gasteiger partial charge in [0.2, 0.25) is 11.8 Å². The van der Waals surface area contributed by atoms with Crippen molar-refractivity contribution in [1.82, 2.24) is 10.6 Å². The maximum absolute atomic E-state index is 12.4. The molecule has 0 saturated heterocycles. The average molecular weight is 299 g/mol. The summed E-state index contributed by atoms with van der Waals surface area (Å²) in [6, 6.07) is -0.608. The fourth-order valence-corrected chi connectivity index (χ4v) is 2.77. The third-order valence-corrected chi connectivity index (χ3v) is 3.93. The summed E-state index contributed by atoms with van der Waals surface area (Å²) < 4.78 is 0. The highest BCUT2D eigenvalue weighted by Gasteiger charge is 2.51. The molecule has 1 rings (SSSR count). The molecule has 0 aliphatic heterocycles. The van der Waals surface area contributed by atoms with Gasteiger partial charge in [0.15, 0.2) is 0 Å². The van der Waals surface area contributed by atoms with Gasteiger partial charge in [0.25, 0.3) is 0 Å². The second-order valence-electron chi connectivity index (χ2n) is 6.89. The zero-order chi connectivity index (χ0) is 15.7. The van der Waals surface area contributed by atoms with Gasteiger partial charge >= 0.3 is 0 Å². The number of amides is 2. The van der Waals surface area contributed by atoms with E-state index in [1.807, 2.05) is 20.8 Å².